The molecule has 1 rings (SSSR count). The Morgan fingerprint density at radius 2 is 2.11 bits per heavy atom. The number of hydrogen-bond acceptors (Lipinski definition) is 2. The minimum atomic E-state index is -4.81. The Kier molecular flexibility index (Phi) is 5.09. The Balaban J connectivity index is 2.86. The second-order valence-electron chi connectivity index (χ2n) is 3.89. The molecule has 0 saturated heterocycles. The van der Waals surface area contributed by atoms with E-state index in [1.165, 1.54) is 6.07 Å². The summed E-state index contributed by atoms with van der Waals surface area (Å²) < 4.78 is 37.9. The molecule has 0 aliphatic carbocycles. The molecule has 0 amide bonds. The average Bonchev–Trinajstić information content (AvgIpc) is 2.23. The van der Waals surface area contributed by atoms with Crippen molar-refractivity contribution < 1.29 is 23.1 Å². The summed E-state index contributed by atoms with van der Waals surface area (Å²) >= 11 is 9.02. The van der Waals surface area contributed by atoms with Crippen LogP contribution in [0.2, 0.25) is 5.02 Å². The molecule has 19 heavy (non-hydrogen) atoms. The largest absolute Gasteiger partial charge is 0.481 e. The van der Waals surface area contributed by atoms with Crippen molar-refractivity contribution in [1.82, 2.24) is 0 Å². The Hall–Kier alpha value is -0.950. The lowest BCUT2D eigenvalue weighted by Crippen LogP contribution is -2.36. The van der Waals surface area contributed by atoms with Gasteiger partial charge in [-0.25, -0.2) is 0 Å². The second kappa shape index (κ2) is 6.00. The van der Waals surface area contributed by atoms with Gasteiger partial charge in [-0.3, -0.25) is 4.79 Å². The number of nitrogens with one attached hydrogen (secondary N) is 1. The number of carboxylic acids is 1. The minimum absolute atomic E-state index is 0.311. The lowest BCUT2D eigenvalue weighted by Gasteiger charge is -2.18. The molecular formula is C11H10BrClF3NO2. The molecule has 1 atom stereocenters. The fraction of sp³-hybridized carbons (Fsp3) is 0.364. The van der Waals surface area contributed by atoms with E-state index in [1.807, 2.05) is 0 Å². The number of carboxylic acid groups (broad SMARTS) is 1. The summed E-state index contributed by atoms with van der Waals surface area (Å²) in [6.45, 7) is 0.976. The van der Waals surface area contributed by atoms with Gasteiger partial charge in [0.1, 0.15) is 0 Å². The Morgan fingerprint density at radius 3 is 2.58 bits per heavy atom. The minimum Gasteiger partial charge on any atom is -0.481 e. The molecule has 1 aromatic carbocycles. The lowest BCUT2D eigenvalue weighted by molar-refractivity contribution is -0.190. The first kappa shape index (κ1) is 16.1. The predicted octanol–water partition coefficient (Wildman–Crippen LogP) is 4.09. The molecule has 2 N–H and O–H groups in total. The number of halogens is 5. The zero-order valence-corrected chi connectivity index (χ0v) is 12.0. The summed E-state index contributed by atoms with van der Waals surface area (Å²) in [5, 5.41) is 11.4. The van der Waals surface area contributed by atoms with Crippen molar-refractivity contribution in [2.75, 3.05) is 11.9 Å². The molecule has 0 heterocycles. The molecule has 0 aliphatic rings. The monoisotopic (exact) mass is 359 g/mol. The van der Waals surface area contributed by atoms with Crippen LogP contribution in [-0.4, -0.2) is 23.8 Å². The maximum absolute atomic E-state index is 12.5. The third kappa shape index (κ3) is 4.28. The fourth-order valence-electron chi connectivity index (χ4n) is 1.34. The lowest BCUT2D eigenvalue weighted by atomic mass is 10.1. The number of anilines is 1. The van der Waals surface area contributed by atoms with Gasteiger partial charge >= 0.3 is 12.1 Å². The molecule has 1 aromatic rings. The topological polar surface area (TPSA) is 49.3 Å². The predicted molar refractivity (Wildman–Crippen MR) is 69.6 cm³/mol. The number of rotatable bonds is 4. The number of aryl methyl sites for hydroxylation is 1. The van der Waals surface area contributed by atoms with Gasteiger partial charge in [0, 0.05) is 21.7 Å². The summed E-state index contributed by atoms with van der Waals surface area (Å²) in [5.74, 6) is -4.39. The molecule has 0 radical (unpaired) electrons. The van der Waals surface area contributed by atoms with Gasteiger partial charge in [0.25, 0.3) is 0 Å². The number of hydrogen-bond donors (Lipinski definition) is 2. The Bertz CT molecular complexity index is 494. The quantitative estimate of drug-likeness (QED) is 0.850. The SMILES string of the molecule is Cc1cc(Br)c(NCC(C(=O)O)C(F)(F)F)cc1Cl. The second-order valence-corrected chi connectivity index (χ2v) is 5.16. The van der Waals surface area contributed by atoms with Crippen LogP contribution in [0.4, 0.5) is 18.9 Å². The van der Waals surface area contributed by atoms with E-state index in [4.69, 9.17) is 16.7 Å². The van der Waals surface area contributed by atoms with Crippen molar-refractivity contribution in [2.24, 2.45) is 5.92 Å². The molecule has 0 spiro atoms. The highest BCUT2D eigenvalue weighted by Gasteiger charge is 2.44. The van der Waals surface area contributed by atoms with Crippen LogP contribution in [0, 0.1) is 12.8 Å². The van der Waals surface area contributed by atoms with Crippen LogP contribution < -0.4 is 5.32 Å². The van der Waals surface area contributed by atoms with Gasteiger partial charge in [0.05, 0.1) is 0 Å². The summed E-state index contributed by atoms with van der Waals surface area (Å²) in [6.07, 6.45) is -4.81. The van der Waals surface area contributed by atoms with Crippen LogP contribution in [0.25, 0.3) is 0 Å². The summed E-state index contributed by atoms with van der Waals surface area (Å²) in [4.78, 5) is 10.6. The van der Waals surface area contributed by atoms with Crippen LogP contribution in [0.3, 0.4) is 0 Å². The first-order valence-electron chi connectivity index (χ1n) is 5.12. The third-order valence-corrected chi connectivity index (χ3v) is 3.50. The zero-order chi connectivity index (χ0) is 14.8. The number of aliphatic carboxylic acids is 1. The first-order chi connectivity index (χ1) is 8.62. The Labute approximate surface area is 120 Å². The molecular weight excluding hydrogens is 350 g/mol. The molecule has 3 nitrogen and oxygen atoms in total. The van der Waals surface area contributed by atoms with Crippen LogP contribution in [0.5, 0.6) is 0 Å². The van der Waals surface area contributed by atoms with E-state index < -0.39 is 24.6 Å². The van der Waals surface area contributed by atoms with Crippen LogP contribution in [0.1, 0.15) is 5.56 Å². The maximum atomic E-state index is 12.5. The van der Waals surface area contributed by atoms with Crippen molar-refractivity contribution in [2.45, 2.75) is 13.1 Å². The van der Waals surface area contributed by atoms with Gasteiger partial charge in [0.15, 0.2) is 5.92 Å². The maximum Gasteiger partial charge on any atom is 0.403 e. The van der Waals surface area contributed by atoms with Gasteiger partial charge in [-0.15, -0.1) is 0 Å². The van der Waals surface area contributed by atoms with Crippen molar-refractivity contribution >= 4 is 39.2 Å². The molecule has 106 valence electrons. The van der Waals surface area contributed by atoms with Crippen LogP contribution in [-0.2, 0) is 4.79 Å². The number of benzene rings is 1. The van der Waals surface area contributed by atoms with Crippen molar-refractivity contribution in [3.63, 3.8) is 0 Å². The number of carbonyl (C=O) groups is 1. The Morgan fingerprint density at radius 1 is 1.53 bits per heavy atom. The summed E-state index contributed by atoms with van der Waals surface area (Å²) in [7, 11) is 0. The van der Waals surface area contributed by atoms with E-state index in [9.17, 15) is 18.0 Å². The van der Waals surface area contributed by atoms with Crippen LogP contribution in [0.15, 0.2) is 16.6 Å². The van der Waals surface area contributed by atoms with E-state index in [-0.39, 0.29) is 0 Å². The normalized spacial score (nSPS) is 13.2. The number of alkyl halides is 3. The van der Waals surface area contributed by atoms with E-state index >= 15 is 0 Å². The first-order valence-corrected chi connectivity index (χ1v) is 6.29. The van der Waals surface area contributed by atoms with Crippen LogP contribution >= 0.6 is 27.5 Å². The standard InChI is InChI=1S/C11H10BrClF3NO2/c1-5-2-7(12)9(3-8(5)13)17-4-6(10(18)19)11(14,15)16/h2-3,6,17H,4H2,1H3,(H,18,19). The molecule has 0 saturated carbocycles. The molecule has 0 fully saturated rings. The third-order valence-electron chi connectivity index (χ3n) is 2.44. The smallest absolute Gasteiger partial charge is 0.403 e. The van der Waals surface area contributed by atoms with Gasteiger partial charge in [-0.2, -0.15) is 13.2 Å². The van der Waals surface area contributed by atoms with E-state index in [0.717, 1.165) is 5.56 Å². The average molecular weight is 361 g/mol. The van der Waals surface area contributed by atoms with E-state index in [1.54, 1.807) is 13.0 Å². The molecule has 8 heteroatoms. The highest BCUT2D eigenvalue weighted by atomic mass is 79.9. The van der Waals surface area contributed by atoms with Gasteiger partial charge < -0.3 is 10.4 Å². The highest BCUT2D eigenvalue weighted by Crippen LogP contribution is 2.31. The molecule has 0 bridgehead atoms. The molecule has 0 aliphatic heterocycles. The van der Waals surface area contributed by atoms with E-state index in [2.05, 4.69) is 21.2 Å². The van der Waals surface area contributed by atoms with Gasteiger partial charge in [0.2, 0.25) is 0 Å². The zero-order valence-electron chi connectivity index (χ0n) is 9.68. The summed E-state index contributed by atoms with van der Waals surface area (Å²) in [6, 6.07) is 3.07. The highest BCUT2D eigenvalue weighted by molar-refractivity contribution is 9.10. The van der Waals surface area contributed by atoms with E-state index in [0.29, 0.717) is 15.2 Å². The molecule has 1 unspecified atom stereocenters. The van der Waals surface area contributed by atoms with Crippen molar-refractivity contribution in [3.05, 3.63) is 27.2 Å². The fourth-order valence-corrected chi connectivity index (χ4v) is 2.10. The van der Waals surface area contributed by atoms with Crippen molar-refractivity contribution in [1.29, 1.82) is 0 Å². The molecule has 0 aromatic heterocycles. The van der Waals surface area contributed by atoms with Gasteiger partial charge in [-0.1, -0.05) is 11.6 Å². The van der Waals surface area contributed by atoms with Gasteiger partial charge in [-0.05, 0) is 40.5 Å². The van der Waals surface area contributed by atoms with Crippen molar-refractivity contribution in [3.8, 4) is 0 Å². The summed E-state index contributed by atoms with van der Waals surface area (Å²) in [5.41, 5.74) is 1.07.